The predicted molar refractivity (Wildman–Crippen MR) is 91.2 cm³/mol. The van der Waals surface area contributed by atoms with Crippen molar-refractivity contribution in [3.8, 4) is 11.3 Å². The van der Waals surface area contributed by atoms with Gasteiger partial charge in [-0.1, -0.05) is 29.7 Å². The zero-order valence-electron chi connectivity index (χ0n) is 12.1. The first kappa shape index (κ1) is 14.6. The van der Waals surface area contributed by atoms with Gasteiger partial charge in [-0.25, -0.2) is 13.4 Å². The topological polar surface area (TPSA) is 50.3 Å². The average Bonchev–Trinajstić information content (AvgIpc) is 3.05. The first-order valence-corrected chi connectivity index (χ1v) is 9.60. The molecule has 0 radical (unpaired) electrons. The zero-order chi connectivity index (χ0) is 15.0. The van der Waals surface area contributed by atoms with Gasteiger partial charge in [-0.15, -0.1) is 11.3 Å². The molecule has 2 heterocycles. The average molecular weight is 320 g/mol. The molecule has 1 aliphatic heterocycles. The molecule has 0 spiro atoms. The van der Waals surface area contributed by atoms with Gasteiger partial charge in [0.15, 0.2) is 15.0 Å². The fraction of sp³-hybridized carbons (Fsp3) is 0.357. The molecule has 1 aromatic heterocycles. The lowest BCUT2D eigenvalue weighted by atomic mass is 9.95. The molecule has 1 unspecified atom stereocenters. The fourth-order valence-electron chi connectivity index (χ4n) is 2.52. The van der Waals surface area contributed by atoms with Crippen LogP contribution in [0.4, 0.5) is 5.13 Å². The number of anilines is 1. The van der Waals surface area contributed by atoms with E-state index in [9.17, 15) is 8.42 Å². The molecule has 4 nitrogen and oxygen atoms in total. The summed E-state index contributed by atoms with van der Waals surface area (Å²) in [5.41, 5.74) is 3.26. The molecule has 7 heteroatoms. The third-order valence-corrected chi connectivity index (χ3v) is 6.58. The van der Waals surface area contributed by atoms with Crippen LogP contribution in [0.1, 0.15) is 6.42 Å². The maximum atomic E-state index is 11.6. The highest BCUT2D eigenvalue weighted by Gasteiger charge is 2.31. The van der Waals surface area contributed by atoms with E-state index in [0.29, 0.717) is 6.42 Å². The fourth-order valence-corrected chi connectivity index (χ4v) is 5.17. The number of sulfone groups is 1. The van der Waals surface area contributed by atoms with E-state index in [1.807, 2.05) is 17.3 Å². The van der Waals surface area contributed by atoms with Crippen LogP contribution in [0.3, 0.4) is 0 Å². The van der Waals surface area contributed by atoms with Crippen molar-refractivity contribution in [2.75, 3.05) is 23.5 Å². The van der Waals surface area contributed by atoms with Crippen LogP contribution in [0.25, 0.3) is 11.3 Å². The van der Waals surface area contributed by atoms with E-state index >= 15 is 0 Å². The number of hydrogen-bond acceptors (Lipinski definition) is 5. The first-order valence-electron chi connectivity index (χ1n) is 6.90. The Morgan fingerprint density at radius 2 is 2.05 bits per heavy atom. The van der Waals surface area contributed by atoms with E-state index < -0.39 is 9.84 Å². The summed E-state index contributed by atoms with van der Waals surface area (Å²) in [5.74, 6) is 0.529. The molecule has 0 amide bonds. The first-order chi connectivity index (χ1) is 9.94. The lowest BCUT2D eigenvalue weighted by molar-refractivity contribution is 0.601. The van der Waals surface area contributed by atoms with Crippen molar-refractivity contribution in [3.05, 3.63) is 29.6 Å². The van der Waals surface area contributed by atoms with Crippen molar-refractivity contribution in [1.29, 1.82) is 0 Å². The summed E-state index contributed by atoms with van der Waals surface area (Å²) >= 11 is 1.56. The number of hydrogen-bond donors (Lipinski definition) is 0. The van der Waals surface area contributed by atoms with Crippen molar-refractivity contribution in [2.24, 2.45) is 0 Å². The zero-order valence-corrected chi connectivity index (χ0v) is 13.7. The minimum Gasteiger partial charge on any atom is -0.347 e. The van der Waals surface area contributed by atoms with Gasteiger partial charge in [0, 0.05) is 24.0 Å². The Bertz CT molecular complexity index is 741. The molecule has 1 aromatic carbocycles. The number of benzene rings is 1. The van der Waals surface area contributed by atoms with Gasteiger partial charge >= 0.3 is 0 Å². The van der Waals surface area contributed by atoms with Crippen LogP contribution < -0.4 is 10.4 Å². The molecule has 1 saturated heterocycles. The molecule has 1 fully saturated rings. The highest BCUT2D eigenvalue weighted by molar-refractivity contribution is 7.91. The Labute approximate surface area is 130 Å². The number of nitrogens with zero attached hydrogens (tertiary/aromatic N) is 2. The van der Waals surface area contributed by atoms with Gasteiger partial charge in [-0.3, -0.25) is 0 Å². The van der Waals surface area contributed by atoms with Crippen LogP contribution in [0.5, 0.6) is 0 Å². The summed E-state index contributed by atoms with van der Waals surface area (Å²) in [6, 6.07) is 8.32. The molecule has 21 heavy (non-hydrogen) atoms. The van der Waals surface area contributed by atoms with Crippen LogP contribution >= 0.6 is 11.3 Å². The highest BCUT2D eigenvalue weighted by atomic mass is 32.2. The van der Waals surface area contributed by atoms with Gasteiger partial charge in [0.05, 0.1) is 17.2 Å². The van der Waals surface area contributed by atoms with Gasteiger partial charge in [0.25, 0.3) is 0 Å². The third-order valence-electron chi connectivity index (χ3n) is 3.90. The lowest BCUT2D eigenvalue weighted by Gasteiger charge is -2.22. The van der Waals surface area contributed by atoms with Crippen molar-refractivity contribution in [3.63, 3.8) is 0 Å². The largest absolute Gasteiger partial charge is 0.347 e. The third kappa shape index (κ3) is 3.13. The quantitative estimate of drug-likeness (QED) is 0.781. The molecular formula is C14H17BN2O2S2. The Kier molecular flexibility index (Phi) is 3.79. The Balaban J connectivity index is 1.80. The SMILES string of the molecule is Bc1ccc(-c2csc(N(C)C3CCS(=O)(=O)C3)n2)cc1. The Hall–Kier alpha value is -1.34. The van der Waals surface area contributed by atoms with Crippen LogP contribution in [0, 0.1) is 0 Å². The van der Waals surface area contributed by atoms with Crippen LogP contribution in [0.15, 0.2) is 29.6 Å². The number of rotatable bonds is 3. The molecular weight excluding hydrogens is 303 g/mol. The highest BCUT2D eigenvalue weighted by Crippen LogP contribution is 2.29. The molecule has 1 atom stereocenters. The van der Waals surface area contributed by atoms with E-state index in [1.165, 1.54) is 5.46 Å². The molecule has 2 aromatic rings. The van der Waals surface area contributed by atoms with Crippen LogP contribution in [0.2, 0.25) is 0 Å². The van der Waals surface area contributed by atoms with Gasteiger partial charge in [-0.05, 0) is 6.42 Å². The molecule has 1 aliphatic rings. The molecule has 0 bridgehead atoms. The summed E-state index contributed by atoms with van der Waals surface area (Å²) in [6.45, 7) is 0. The van der Waals surface area contributed by atoms with Crippen LogP contribution in [-0.4, -0.2) is 45.8 Å². The second-order valence-corrected chi connectivity index (χ2v) is 8.61. The smallest absolute Gasteiger partial charge is 0.185 e. The minimum absolute atomic E-state index is 0.0482. The van der Waals surface area contributed by atoms with Gasteiger partial charge in [0.1, 0.15) is 7.85 Å². The van der Waals surface area contributed by atoms with Gasteiger partial charge < -0.3 is 4.90 Å². The molecule has 0 N–H and O–H groups in total. The van der Waals surface area contributed by atoms with Gasteiger partial charge in [0.2, 0.25) is 0 Å². The minimum atomic E-state index is -2.86. The van der Waals surface area contributed by atoms with Crippen molar-refractivity contribution >= 4 is 39.6 Å². The summed E-state index contributed by atoms with van der Waals surface area (Å²) in [7, 11) is 1.13. The summed E-state index contributed by atoms with van der Waals surface area (Å²) in [6.07, 6.45) is 0.693. The number of thiazole rings is 1. The van der Waals surface area contributed by atoms with Gasteiger partial charge in [-0.2, -0.15) is 0 Å². The van der Waals surface area contributed by atoms with E-state index in [-0.39, 0.29) is 17.5 Å². The molecule has 110 valence electrons. The van der Waals surface area contributed by atoms with Crippen molar-refractivity contribution in [1.82, 2.24) is 4.98 Å². The lowest BCUT2D eigenvalue weighted by Crippen LogP contribution is -2.32. The Morgan fingerprint density at radius 1 is 1.33 bits per heavy atom. The summed E-state index contributed by atoms with van der Waals surface area (Å²) in [5, 5.41) is 2.91. The van der Waals surface area contributed by atoms with Crippen molar-refractivity contribution in [2.45, 2.75) is 12.5 Å². The standard InChI is InChI=1S/C14H17BN2O2S2/c1-17(12-6-7-21(18,19)9-12)14-16-13(8-20-14)10-2-4-11(15)5-3-10/h2-5,8,12H,6-7,9,15H2,1H3. The number of aromatic nitrogens is 1. The van der Waals surface area contributed by atoms with Crippen molar-refractivity contribution < 1.29 is 8.42 Å². The summed E-state index contributed by atoms with van der Waals surface area (Å²) in [4.78, 5) is 6.66. The molecule has 0 saturated carbocycles. The second kappa shape index (κ2) is 5.46. The van der Waals surface area contributed by atoms with E-state index in [4.69, 9.17) is 0 Å². The van der Waals surface area contributed by atoms with E-state index in [0.717, 1.165) is 16.4 Å². The van der Waals surface area contributed by atoms with E-state index in [2.05, 4.69) is 37.1 Å². The maximum Gasteiger partial charge on any atom is 0.185 e. The normalized spacial score (nSPS) is 20.5. The maximum absolute atomic E-state index is 11.6. The monoisotopic (exact) mass is 320 g/mol. The molecule has 3 rings (SSSR count). The van der Waals surface area contributed by atoms with Crippen LogP contribution in [-0.2, 0) is 9.84 Å². The Morgan fingerprint density at radius 3 is 2.67 bits per heavy atom. The predicted octanol–water partition coefficient (Wildman–Crippen LogP) is 0.692. The van der Waals surface area contributed by atoms with E-state index in [1.54, 1.807) is 11.3 Å². The second-order valence-electron chi connectivity index (χ2n) is 5.55. The molecule has 0 aliphatic carbocycles. The summed E-state index contributed by atoms with van der Waals surface area (Å²) < 4.78 is 23.2.